The van der Waals surface area contributed by atoms with Gasteiger partial charge >= 0.3 is 6.09 Å². The SMILES string of the molecule is NC(=O)Oc1c(OCc2ccccc2)cc(OCc2ccccc2)cc1OCc1ccccc1. The number of benzene rings is 4. The van der Waals surface area contributed by atoms with Crippen LogP contribution in [0.1, 0.15) is 16.7 Å². The predicted molar refractivity (Wildman–Crippen MR) is 129 cm³/mol. The van der Waals surface area contributed by atoms with Crippen LogP contribution in [0.15, 0.2) is 103 Å². The summed E-state index contributed by atoms with van der Waals surface area (Å²) in [6.45, 7) is 0.875. The van der Waals surface area contributed by atoms with Crippen molar-refractivity contribution in [2.24, 2.45) is 5.73 Å². The topological polar surface area (TPSA) is 80.0 Å². The molecule has 1 amide bonds. The van der Waals surface area contributed by atoms with Crippen LogP contribution in [0, 0.1) is 0 Å². The highest BCUT2D eigenvalue weighted by Gasteiger charge is 2.19. The van der Waals surface area contributed by atoms with E-state index in [1.54, 1.807) is 12.1 Å². The van der Waals surface area contributed by atoms with E-state index in [4.69, 9.17) is 24.7 Å². The van der Waals surface area contributed by atoms with Crippen LogP contribution in [0.5, 0.6) is 23.0 Å². The number of nitrogens with two attached hydrogens (primary N) is 1. The summed E-state index contributed by atoms with van der Waals surface area (Å²) in [6.07, 6.45) is -0.966. The van der Waals surface area contributed by atoms with Crippen LogP contribution in [-0.2, 0) is 19.8 Å². The van der Waals surface area contributed by atoms with Gasteiger partial charge in [0.1, 0.15) is 25.6 Å². The van der Waals surface area contributed by atoms with Crippen molar-refractivity contribution in [2.45, 2.75) is 19.8 Å². The molecule has 34 heavy (non-hydrogen) atoms. The molecule has 2 N–H and O–H groups in total. The van der Waals surface area contributed by atoms with Gasteiger partial charge in [0.25, 0.3) is 0 Å². The largest absolute Gasteiger partial charge is 0.489 e. The molecule has 6 heteroatoms. The van der Waals surface area contributed by atoms with Gasteiger partial charge in [-0.2, -0.15) is 0 Å². The molecule has 0 aliphatic rings. The Balaban J connectivity index is 1.63. The highest BCUT2D eigenvalue weighted by atomic mass is 16.6. The summed E-state index contributed by atoms with van der Waals surface area (Å²) >= 11 is 0. The summed E-state index contributed by atoms with van der Waals surface area (Å²) in [4.78, 5) is 11.7. The van der Waals surface area contributed by atoms with E-state index in [2.05, 4.69) is 0 Å². The van der Waals surface area contributed by atoms with Crippen molar-refractivity contribution >= 4 is 6.09 Å². The van der Waals surface area contributed by atoms with Crippen LogP contribution >= 0.6 is 0 Å². The Kier molecular flexibility index (Phi) is 7.64. The lowest BCUT2D eigenvalue weighted by Gasteiger charge is -2.18. The Morgan fingerprint density at radius 2 is 0.971 bits per heavy atom. The number of carbonyl (C=O) groups excluding carboxylic acids is 1. The third-order valence-corrected chi connectivity index (χ3v) is 4.92. The highest BCUT2D eigenvalue weighted by Crippen LogP contribution is 2.42. The number of hydrogen-bond donors (Lipinski definition) is 1. The third-order valence-electron chi connectivity index (χ3n) is 4.92. The maximum Gasteiger partial charge on any atom is 0.410 e. The molecule has 0 aliphatic heterocycles. The van der Waals surface area contributed by atoms with Gasteiger partial charge < -0.3 is 24.7 Å². The normalized spacial score (nSPS) is 10.4. The van der Waals surface area contributed by atoms with E-state index in [0.29, 0.717) is 12.4 Å². The molecule has 0 saturated heterocycles. The Labute approximate surface area is 198 Å². The zero-order chi connectivity index (χ0) is 23.6. The number of primary amides is 1. The van der Waals surface area contributed by atoms with Crippen molar-refractivity contribution in [3.05, 3.63) is 120 Å². The molecule has 0 atom stereocenters. The smallest absolute Gasteiger partial charge is 0.410 e. The Bertz CT molecular complexity index is 1130. The lowest BCUT2D eigenvalue weighted by atomic mass is 10.2. The molecule has 0 unspecified atom stereocenters. The number of ether oxygens (including phenoxy) is 4. The molecule has 4 aromatic carbocycles. The first-order valence-corrected chi connectivity index (χ1v) is 10.8. The summed E-state index contributed by atoms with van der Waals surface area (Å²) in [5, 5.41) is 0. The summed E-state index contributed by atoms with van der Waals surface area (Å²) in [7, 11) is 0. The zero-order valence-electron chi connectivity index (χ0n) is 18.6. The molecular weight excluding hydrogens is 430 g/mol. The van der Waals surface area contributed by atoms with E-state index in [0.717, 1.165) is 16.7 Å². The van der Waals surface area contributed by atoms with Crippen molar-refractivity contribution in [3.8, 4) is 23.0 Å². The molecular formula is C28H25NO5. The third kappa shape index (κ3) is 6.53. The first-order chi connectivity index (χ1) is 16.7. The standard InChI is InChI=1S/C28H25NO5/c29-28(30)34-27-25(32-19-22-12-6-2-7-13-22)16-24(31-18-21-10-4-1-5-11-21)17-26(27)33-20-23-14-8-3-9-15-23/h1-17H,18-20H2,(H2,29,30). The van der Waals surface area contributed by atoms with Gasteiger partial charge in [-0.25, -0.2) is 4.79 Å². The number of rotatable bonds is 10. The van der Waals surface area contributed by atoms with Crippen LogP contribution in [0.25, 0.3) is 0 Å². The van der Waals surface area contributed by atoms with Crippen molar-refractivity contribution in [3.63, 3.8) is 0 Å². The van der Waals surface area contributed by atoms with E-state index in [-0.39, 0.29) is 30.5 Å². The van der Waals surface area contributed by atoms with Crippen molar-refractivity contribution in [1.29, 1.82) is 0 Å². The zero-order valence-corrected chi connectivity index (χ0v) is 18.6. The van der Waals surface area contributed by atoms with Gasteiger partial charge in [0.2, 0.25) is 5.75 Å². The molecule has 0 spiro atoms. The molecule has 0 aliphatic carbocycles. The minimum Gasteiger partial charge on any atom is -0.489 e. The average Bonchev–Trinajstić information content (AvgIpc) is 2.87. The quantitative estimate of drug-likeness (QED) is 0.323. The van der Waals surface area contributed by atoms with Gasteiger partial charge in [-0.15, -0.1) is 0 Å². The fourth-order valence-electron chi connectivity index (χ4n) is 3.26. The fraction of sp³-hybridized carbons (Fsp3) is 0.107. The molecule has 0 heterocycles. The molecule has 4 rings (SSSR count). The molecule has 172 valence electrons. The van der Waals surface area contributed by atoms with E-state index in [1.807, 2.05) is 91.0 Å². The lowest BCUT2D eigenvalue weighted by molar-refractivity contribution is 0.200. The van der Waals surface area contributed by atoms with Crippen LogP contribution in [0.4, 0.5) is 4.79 Å². The van der Waals surface area contributed by atoms with Crippen LogP contribution in [-0.4, -0.2) is 6.09 Å². The molecule has 0 aromatic heterocycles. The molecule has 6 nitrogen and oxygen atoms in total. The van der Waals surface area contributed by atoms with Gasteiger partial charge in [-0.1, -0.05) is 91.0 Å². The van der Waals surface area contributed by atoms with E-state index >= 15 is 0 Å². The van der Waals surface area contributed by atoms with Crippen LogP contribution in [0.2, 0.25) is 0 Å². The fourth-order valence-corrected chi connectivity index (χ4v) is 3.26. The van der Waals surface area contributed by atoms with E-state index in [1.165, 1.54) is 0 Å². The Hall–Kier alpha value is -4.45. The van der Waals surface area contributed by atoms with Crippen LogP contribution < -0.4 is 24.7 Å². The van der Waals surface area contributed by atoms with Crippen LogP contribution in [0.3, 0.4) is 0 Å². The Morgan fingerprint density at radius 1 is 0.588 bits per heavy atom. The highest BCUT2D eigenvalue weighted by molar-refractivity contribution is 5.71. The van der Waals surface area contributed by atoms with Gasteiger partial charge in [-0.3, -0.25) is 0 Å². The second-order valence-electron chi connectivity index (χ2n) is 7.49. The average molecular weight is 456 g/mol. The van der Waals surface area contributed by atoms with Gasteiger partial charge in [0.05, 0.1) is 0 Å². The summed E-state index contributed by atoms with van der Waals surface area (Å²) in [5.41, 5.74) is 8.27. The van der Waals surface area contributed by atoms with E-state index < -0.39 is 6.09 Å². The van der Waals surface area contributed by atoms with E-state index in [9.17, 15) is 4.79 Å². The van der Waals surface area contributed by atoms with Gasteiger partial charge in [0, 0.05) is 12.1 Å². The second kappa shape index (κ2) is 11.4. The number of hydrogen-bond acceptors (Lipinski definition) is 5. The minimum absolute atomic E-state index is 0.103. The first-order valence-electron chi connectivity index (χ1n) is 10.8. The number of amides is 1. The number of carbonyl (C=O) groups is 1. The maximum absolute atomic E-state index is 11.7. The van der Waals surface area contributed by atoms with Crippen molar-refractivity contribution < 1.29 is 23.7 Å². The van der Waals surface area contributed by atoms with Crippen molar-refractivity contribution in [2.75, 3.05) is 0 Å². The first kappa shape index (κ1) is 22.7. The second-order valence-corrected chi connectivity index (χ2v) is 7.49. The minimum atomic E-state index is -0.966. The van der Waals surface area contributed by atoms with Crippen molar-refractivity contribution in [1.82, 2.24) is 0 Å². The monoisotopic (exact) mass is 455 g/mol. The Morgan fingerprint density at radius 3 is 1.35 bits per heavy atom. The lowest BCUT2D eigenvalue weighted by Crippen LogP contribution is -2.17. The molecule has 0 saturated carbocycles. The molecule has 0 radical (unpaired) electrons. The molecule has 0 bridgehead atoms. The maximum atomic E-state index is 11.7. The van der Waals surface area contributed by atoms with Gasteiger partial charge in [-0.05, 0) is 16.7 Å². The predicted octanol–water partition coefficient (Wildman–Crippen LogP) is 5.88. The molecule has 4 aromatic rings. The summed E-state index contributed by atoms with van der Waals surface area (Å²) in [5.74, 6) is 1.19. The summed E-state index contributed by atoms with van der Waals surface area (Å²) in [6, 6.07) is 32.5. The summed E-state index contributed by atoms with van der Waals surface area (Å²) < 4.78 is 23.3. The van der Waals surface area contributed by atoms with Gasteiger partial charge in [0.15, 0.2) is 11.5 Å². The molecule has 0 fully saturated rings.